The number of aromatic carboxylic acids is 1. The number of aryl methyl sites for hydroxylation is 1. The molecule has 100 valence electrons. The number of benzene rings is 1. The largest absolute Gasteiger partial charge is 0.476 e. The first-order valence-corrected chi connectivity index (χ1v) is 6.07. The summed E-state index contributed by atoms with van der Waals surface area (Å²) in [5, 5.41) is 16.9. The molecule has 1 N–H and O–H groups in total. The van der Waals surface area contributed by atoms with Gasteiger partial charge in [-0.15, -0.1) is 5.10 Å². The van der Waals surface area contributed by atoms with Gasteiger partial charge >= 0.3 is 5.97 Å². The van der Waals surface area contributed by atoms with Crippen molar-refractivity contribution in [3.05, 3.63) is 41.2 Å². The van der Waals surface area contributed by atoms with Gasteiger partial charge in [0.1, 0.15) is 0 Å². The maximum Gasteiger partial charge on any atom is 0.356 e. The Labute approximate surface area is 111 Å². The van der Waals surface area contributed by atoms with Crippen LogP contribution in [0.1, 0.15) is 42.5 Å². The summed E-state index contributed by atoms with van der Waals surface area (Å²) in [5.41, 5.74) is 2.46. The van der Waals surface area contributed by atoms with Gasteiger partial charge in [0.2, 0.25) is 0 Å². The van der Waals surface area contributed by atoms with Crippen LogP contribution in [0.2, 0.25) is 0 Å². The van der Waals surface area contributed by atoms with Crippen LogP contribution >= 0.6 is 0 Å². The molecule has 0 aliphatic rings. The fraction of sp³-hybridized carbons (Fsp3) is 0.357. The second-order valence-corrected chi connectivity index (χ2v) is 5.54. The van der Waals surface area contributed by atoms with Gasteiger partial charge < -0.3 is 5.11 Å². The van der Waals surface area contributed by atoms with Crippen molar-refractivity contribution in [1.29, 1.82) is 0 Å². The van der Waals surface area contributed by atoms with Crippen LogP contribution in [0.4, 0.5) is 0 Å². The van der Waals surface area contributed by atoms with E-state index in [1.165, 1.54) is 10.2 Å². The van der Waals surface area contributed by atoms with E-state index in [0.717, 1.165) is 0 Å². The van der Waals surface area contributed by atoms with Crippen molar-refractivity contribution in [1.82, 2.24) is 15.0 Å². The summed E-state index contributed by atoms with van der Waals surface area (Å²) < 4.78 is 1.35. The predicted molar refractivity (Wildman–Crippen MR) is 71.8 cm³/mol. The number of carboxylic acids is 1. The van der Waals surface area contributed by atoms with Crippen molar-refractivity contribution in [3.63, 3.8) is 0 Å². The minimum atomic E-state index is -1.03. The smallest absolute Gasteiger partial charge is 0.356 e. The summed E-state index contributed by atoms with van der Waals surface area (Å²) in [6.07, 6.45) is 0. The molecule has 0 saturated heterocycles. The van der Waals surface area contributed by atoms with Crippen molar-refractivity contribution in [2.75, 3.05) is 0 Å². The van der Waals surface area contributed by atoms with E-state index < -0.39 is 5.97 Å². The molecule has 0 fully saturated rings. The minimum Gasteiger partial charge on any atom is -0.476 e. The quantitative estimate of drug-likeness (QED) is 0.900. The number of hydrogen-bond donors (Lipinski definition) is 1. The molecule has 0 saturated carbocycles. The highest BCUT2D eigenvalue weighted by Crippen LogP contribution is 2.23. The van der Waals surface area contributed by atoms with Gasteiger partial charge in [-0.1, -0.05) is 38.1 Å². The first-order chi connectivity index (χ1) is 8.80. The zero-order valence-corrected chi connectivity index (χ0v) is 11.5. The predicted octanol–water partition coefficient (Wildman–Crippen LogP) is 2.57. The second-order valence-electron chi connectivity index (χ2n) is 5.54. The Bertz CT molecular complexity index is 607. The molecule has 1 aromatic heterocycles. The van der Waals surface area contributed by atoms with Gasteiger partial charge in [0, 0.05) is 0 Å². The molecule has 5 heteroatoms. The highest BCUT2D eigenvalue weighted by atomic mass is 16.4. The second kappa shape index (κ2) is 4.50. The number of rotatable bonds is 2. The fourth-order valence-electron chi connectivity index (χ4n) is 1.89. The van der Waals surface area contributed by atoms with Gasteiger partial charge in [0.05, 0.1) is 11.4 Å². The zero-order chi connectivity index (χ0) is 14.2. The van der Waals surface area contributed by atoms with Crippen LogP contribution in [0, 0.1) is 6.92 Å². The lowest BCUT2D eigenvalue weighted by Crippen LogP contribution is -2.12. The molecule has 19 heavy (non-hydrogen) atoms. The molecular formula is C14H17N3O2. The Morgan fingerprint density at radius 3 is 2.26 bits per heavy atom. The molecule has 0 radical (unpaired) electrons. The van der Waals surface area contributed by atoms with E-state index >= 15 is 0 Å². The van der Waals surface area contributed by atoms with Crippen molar-refractivity contribution >= 4 is 5.97 Å². The normalized spacial score (nSPS) is 11.6. The molecule has 0 amide bonds. The van der Waals surface area contributed by atoms with E-state index in [9.17, 15) is 9.90 Å². The lowest BCUT2D eigenvalue weighted by molar-refractivity contribution is 0.0686. The van der Waals surface area contributed by atoms with Gasteiger partial charge in [0.15, 0.2) is 5.69 Å². The summed E-state index contributed by atoms with van der Waals surface area (Å²) in [6.45, 7) is 8.02. The molecule has 0 atom stereocenters. The molecule has 2 rings (SSSR count). The standard InChI is InChI=1S/C14H17N3O2/c1-9-12(13(18)19)17(16-15-9)11-7-5-10(6-8-11)14(2,3)4/h5-8H,1-4H3,(H,18,19). The van der Waals surface area contributed by atoms with Gasteiger partial charge in [-0.05, 0) is 30.0 Å². The number of carbonyl (C=O) groups is 1. The van der Waals surface area contributed by atoms with Crippen LogP contribution in [-0.2, 0) is 5.41 Å². The maximum atomic E-state index is 11.2. The first kappa shape index (κ1) is 13.3. The summed E-state index contributed by atoms with van der Waals surface area (Å²) in [7, 11) is 0. The van der Waals surface area contributed by atoms with Crippen LogP contribution < -0.4 is 0 Å². The van der Waals surface area contributed by atoms with E-state index in [2.05, 4.69) is 31.1 Å². The summed E-state index contributed by atoms with van der Waals surface area (Å²) in [4.78, 5) is 11.2. The number of hydrogen-bond acceptors (Lipinski definition) is 3. The summed E-state index contributed by atoms with van der Waals surface area (Å²) in [6, 6.07) is 7.69. The lowest BCUT2D eigenvalue weighted by Gasteiger charge is -2.19. The van der Waals surface area contributed by atoms with Gasteiger partial charge in [-0.3, -0.25) is 0 Å². The molecule has 0 aliphatic carbocycles. The van der Waals surface area contributed by atoms with E-state index in [0.29, 0.717) is 11.4 Å². The topological polar surface area (TPSA) is 68.0 Å². The SMILES string of the molecule is Cc1nnn(-c2ccc(C(C)(C)C)cc2)c1C(=O)O. The third kappa shape index (κ3) is 2.50. The molecule has 0 aliphatic heterocycles. The van der Waals surface area contributed by atoms with Crippen molar-refractivity contribution < 1.29 is 9.90 Å². The van der Waals surface area contributed by atoms with E-state index in [1.807, 2.05) is 24.3 Å². The number of aromatic nitrogens is 3. The van der Waals surface area contributed by atoms with Crippen molar-refractivity contribution in [3.8, 4) is 5.69 Å². The average Bonchev–Trinajstić information content (AvgIpc) is 2.70. The molecule has 1 heterocycles. The van der Waals surface area contributed by atoms with Crippen LogP contribution in [0.25, 0.3) is 5.69 Å². The molecule has 5 nitrogen and oxygen atoms in total. The summed E-state index contributed by atoms with van der Waals surface area (Å²) >= 11 is 0. The Morgan fingerprint density at radius 2 is 1.79 bits per heavy atom. The van der Waals surface area contributed by atoms with Crippen molar-refractivity contribution in [2.24, 2.45) is 0 Å². The average molecular weight is 259 g/mol. The van der Waals surface area contributed by atoms with Gasteiger partial charge in [-0.25, -0.2) is 9.48 Å². The highest BCUT2D eigenvalue weighted by Gasteiger charge is 2.18. The van der Waals surface area contributed by atoms with Crippen LogP contribution in [0.5, 0.6) is 0 Å². The summed E-state index contributed by atoms with van der Waals surface area (Å²) in [5.74, 6) is -1.03. The monoisotopic (exact) mass is 259 g/mol. The Kier molecular flexibility index (Phi) is 3.14. The van der Waals surface area contributed by atoms with Crippen LogP contribution in [-0.4, -0.2) is 26.1 Å². The Hall–Kier alpha value is -2.17. The van der Waals surface area contributed by atoms with Crippen LogP contribution in [0.15, 0.2) is 24.3 Å². The molecule has 0 bridgehead atoms. The maximum absolute atomic E-state index is 11.2. The molecular weight excluding hydrogens is 242 g/mol. The Balaban J connectivity index is 2.46. The fourth-order valence-corrected chi connectivity index (χ4v) is 1.89. The third-order valence-electron chi connectivity index (χ3n) is 3.02. The Morgan fingerprint density at radius 1 is 1.21 bits per heavy atom. The molecule has 1 aromatic carbocycles. The number of nitrogens with zero attached hydrogens (tertiary/aromatic N) is 3. The van der Waals surface area contributed by atoms with E-state index in [4.69, 9.17) is 0 Å². The van der Waals surface area contributed by atoms with E-state index in [1.54, 1.807) is 6.92 Å². The molecule has 2 aromatic rings. The van der Waals surface area contributed by atoms with E-state index in [-0.39, 0.29) is 11.1 Å². The zero-order valence-electron chi connectivity index (χ0n) is 11.5. The number of carboxylic acid groups (broad SMARTS) is 1. The molecule has 0 spiro atoms. The van der Waals surface area contributed by atoms with Gasteiger partial charge in [0.25, 0.3) is 0 Å². The first-order valence-electron chi connectivity index (χ1n) is 6.07. The third-order valence-corrected chi connectivity index (χ3v) is 3.02. The minimum absolute atomic E-state index is 0.0619. The van der Waals surface area contributed by atoms with Crippen LogP contribution in [0.3, 0.4) is 0 Å². The molecule has 0 unspecified atom stereocenters. The van der Waals surface area contributed by atoms with Crippen molar-refractivity contribution in [2.45, 2.75) is 33.1 Å². The van der Waals surface area contributed by atoms with Gasteiger partial charge in [-0.2, -0.15) is 0 Å². The lowest BCUT2D eigenvalue weighted by atomic mass is 9.87. The highest BCUT2D eigenvalue weighted by molar-refractivity contribution is 5.87.